The molecule has 1 aromatic rings. The molecule has 23 heavy (non-hydrogen) atoms. The lowest BCUT2D eigenvalue weighted by molar-refractivity contribution is -0.154. The maximum absolute atomic E-state index is 12.6. The zero-order valence-electron chi connectivity index (χ0n) is 12.9. The molecular formula is C15H21N3O4S. The van der Waals surface area contributed by atoms with E-state index in [1.165, 1.54) is 16.2 Å². The van der Waals surface area contributed by atoms with Crippen molar-refractivity contribution in [2.24, 2.45) is 11.7 Å². The zero-order chi connectivity index (χ0) is 17.0. The highest BCUT2D eigenvalue weighted by Gasteiger charge is 2.37. The molecule has 1 aromatic heterocycles. The Morgan fingerprint density at radius 1 is 1.52 bits per heavy atom. The number of carboxylic acid groups (broad SMARTS) is 1. The van der Waals surface area contributed by atoms with E-state index < -0.39 is 24.1 Å². The predicted molar refractivity (Wildman–Crippen MR) is 85.9 cm³/mol. The summed E-state index contributed by atoms with van der Waals surface area (Å²) in [6, 6.07) is 1.58. The van der Waals surface area contributed by atoms with Gasteiger partial charge >= 0.3 is 12.0 Å². The number of hydrogen-bond acceptors (Lipinski definition) is 4. The number of carboxylic acids is 1. The number of amides is 3. The molecular weight excluding hydrogens is 318 g/mol. The maximum Gasteiger partial charge on any atom is 0.326 e. The number of carbonyl (C=O) groups is 3. The quantitative estimate of drug-likeness (QED) is 0.755. The number of nitrogens with two attached hydrogens (primary N) is 1. The molecule has 0 aromatic carbocycles. The Bertz CT molecular complexity index is 575. The summed E-state index contributed by atoms with van der Waals surface area (Å²) < 4.78 is 0. The van der Waals surface area contributed by atoms with E-state index >= 15 is 0 Å². The van der Waals surface area contributed by atoms with Crippen molar-refractivity contribution in [3.05, 3.63) is 22.4 Å². The number of piperidine rings is 1. The lowest BCUT2D eigenvalue weighted by Crippen LogP contribution is -2.52. The molecule has 4 N–H and O–H groups in total. The zero-order valence-corrected chi connectivity index (χ0v) is 13.7. The molecule has 0 spiro atoms. The van der Waals surface area contributed by atoms with E-state index in [0.717, 1.165) is 17.7 Å². The summed E-state index contributed by atoms with van der Waals surface area (Å²) in [6.45, 7) is 2.27. The Hall–Kier alpha value is -2.09. The van der Waals surface area contributed by atoms with Crippen LogP contribution in [0.4, 0.5) is 4.79 Å². The van der Waals surface area contributed by atoms with E-state index in [2.05, 4.69) is 5.32 Å². The van der Waals surface area contributed by atoms with Crippen LogP contribution in [0.2, 0.25) is 0 Å². The first-order chi connectivity index (χ1) is 10.9. The van der Waals surface area contributed by atoms with Gasteiger partial charge in [-0.05, 0) is 30.2 Å². The number of urea groups is 1. The minimum Gasteiger partial charge on any atom is -0.480 e. The summed E-state index contributed by atoms with van der Waals surface area (Å²) in [5.41, 5.74) is 5.19. The third-order valence-corrected chi connectivity index (χ3v) is 5.07. The third kappa shape index (κ3) is 4.22. The van der Waals surface area contributed by atoms with Crippen LogP contribution >= 0.6 is 11.3 Å². The second kappa shape index (κ2) is 7.45. The number of nitrogens with zero attached hydrogens (tertiary/aromatic N) is 1. The summed E-state index contributed by atoms with van der Waals surface area (Å²) >= 11 is 1.41. The van der Waals surface area contributed by atoms with E-state index in [1.807, 2.05) is 24.4 Å². The summed E-state index contributed by atoms with van der Waals surface area (Å²) in [6.07, 6.45) is 1.57. The molecule has 1 fully saturated rings. The molecule has 1 aliphatic rings. The minimum atomic E-state index is -0.985. The summed E-state index contributed by atoms with van der Waals surface area (Å²) in [4.78, 5) is 37.5. The van der Waals surface area contributed by atoms with Crippen molar-refractivity contribution in [3.8, 4) is 0 Å². The van der Waals surface area contributed by atoms with Crippen LogP contribution in [0.3, 0.4) is 0 Å². The molecule has 8 heteroatoms. The number of thiophene rings is 1. The highest BCUT2D eigenvalue weighted by Crippen LogP contribution is 2.27. The monoisotopic (exact) mass is 339 g/mol. The highest BCUT2D eigenvalue weighted by atomic mass is 32.1. The molecule has 0 aliphatic carbocycles. The molecule has 0 radical (unpaired) electrons. The fraction of sp³-hybridized carbons (Fsp3) is 0.533. The molecule has 0 saturated carbocycles. The van der Waals surface area contributed by atoms with Crippen LogP contribution in [0.25, 0.3) is 0 Å². The SMILES string of the molecule is CC1CCCN(C(=O)CC(NC(N)=O)c2cccs2)C1C(=O)O. The van der Waals surface area contributed by atoms with Gasteiger partial charge in [-0.2, -0.15) is 0 Å². The Morgan fingerprint density at radius 3 is 2.83 bits per heavy atom. The second-order valence-corrected chi connectivity index (χ2v) is 6.75. The number of likely N-dealkylation sites (tertiary alicyclic amines) is 1. The van der Waals surface area contributed by atoms with Gasteiger partial charge in [0.25, 0.3) is 0 Å². The van der Waals surface area contributed by atoms with Crippen molar-refractivity contribution in [1.82, 2.24) is 10.2 Å². The number of primary amides is 1. The summed E-state index contributed by atoms with van der Waals surface area (Å²) in [5.74, 6) is -1.35. The molecule has 1 aliphatic heterocycles. The van der Waals surface area contributed by atoms with Crippen LogP contribution in [0.5, 0.6) is 0 Å². The molecule has 3 amide bonds. The Balaban J connectivity index is 2.13. The molecule has 1 saturated heterocycles. The minimum absolute atomic E-state index is 0.0000463. The van der Waals surface area contributed by atoms with Crippen LogP contribution in [0.15, 0.2) is 17.5 Å². The first kappa shape index (κ1) is 17.3. The molecule has 7 nitrogen and oxygen atoms in total. The van der Waals surface area contributed by atoms with Gasteiger partial charge < -0.3 is 21.1 Å². The van der Waals surface area contributed by atoms with Crippen LogP contribution in [-0.2, 0) is 9.59 Å². The largest absolute Gasteiger partial charge is 0.480 e. The van der Waals surface area contributed by atoms with Crippen molar-refractivity contribution in [3.63, 3.8) is 0 Å². The van der Waals surface area contributed by atoms with Gasteiger partial charge in [0.15, 0.2) is 0 Å². The van der Waals surface area contributed by atoms with Gasteiger partial charge in [0.05, 0.1) is 12.5 Å². The van der Waals surface area contributed by atoms with E-state index in [9.17, 15) is 19.5 Å². The van der Waals surface area contributed by atoms with Crippen LogP contribution < -0.4 is 11.1 Å². The normalized spacial score (nSPS) is 22.4. The van der Waals surface area contributed by atoms with Crippen molar-refractivity contribution >= 4 is 29.2 Å². The smallest absolute Gasteiger partial charge is 0.326 e. The molecule has 0 bridgehead atoms. The first-order valence-electron chi connectivity index (χ1n) is 7.51. The third-order valence-electron chi connectivity index (χ3n) is 4.09. The first-order valence-corrected chi connectivity index (χ1v) is 8.39. The van der Waals surface area contributed by atoms with Crippen molar-refractivity contribution in [2.75, 3.05) is 6.54 Å². The lowest BCUT2D eigenvalue weighted by atomic mass is 9.90. The molecule has 3 unspecified atom stereocenters. The Kier molecular flexibility index (Phi) is 5.59. The number of nitrogens with one attached hydrogen (secondary N) is 1. The number of carbonyl (C=O) groups excluding carboxylic acids is 2. The molecule has 2 heterocycles. The standard InChI is InChI=1S/C15H21N3O4S/c1-9-4-2-6-18(13(9)14(20)21)12(19)8-10(17-15(16)22)11-5-3-7-23-11/h3,5,7,9-10,13H,2,4,6,8H2,1H3,(H,20,21)(H3,16,17,22). The second-order valence-electron chi connectivity index (χ2n) is 5.77. The van der Waals surface area contributed by atoms with Gasteiger partial charge in [-0.1, -0.05) is 13.0 Å². The lowest BCUT2D eigenvalue weighted by Gasteiger charge is -2.38. The van der Waals surface area contributed by atoms with Crippen LogP contribution in [0, 0.1) is 5.92 Å². The van der Waals surface area contributed by atoms with E-state index in [1.54, 1.807) is 0 Å². The highest BCUT2D eigenvalue weighted by molar-refractivity contribution is 7.10. The summed E-state index contributed by atoms with van der Waals surface area (Å²) in [7, 11) is 0. The average molecular weight is 339 g/mol. The molecule has 3 atom stereocenters. The molecule has 2 rings (SSSR count). The van der Waals surface area contributed by atoms with Gasteiger partial charge in [0.2, 0.25) is 5.91 Å². The van der Waals surface area contributed by atoms with Gasteiger partial charge in [-0.15, -0.1) is 11.3 Å². The van der Waals surface area contributed by atoms with Gasteiger partial charge in [0, 0.05) is 11.4 Å². The molecule has 126 valence electrons. The number of hydrogen-bond donors (Lipinski definition) is 3. The average Bonchev–Trinajstić information content (AvgIpc) is 2.99. The van der Waals surface area contributed by atoms with E-state index in [4.69, 9.17) is 5.73 Å². The summed E-state index contributed by atoms with van der Waals surface area (Å²) in [5, 5.41) is 13.8. The number of rotatable bonds is 5. The van der Waals surface area contributed by atoms with Crippen LogP contribution in [-0.4, -0.2) is 40.5 Å². The maximum atomic E-state index is 12.6. The van der Waals surface area contributed by atoms with E-state index in [0.29, 0.717) is 6.54 Å². The van der Waals surface area contributed by atoms with Gasteiger partial charge in [0.1, 0.15) is 6.04 Å². The Labute approximate surface area is 138 Å². The fourth-order valence-corrected chi connectivity index (χ4v) is 3.80. The number of aliphatic carboxylic acids is 1. The fourth-order valence-electron chi connectivity index (χ4n) is 3.02. The Morgan fingerprint density at radius 2 is 2.26 bits per heavy atom. The van der Waals surface area contributed by atoms with Crippen LogP contribution in [0.1, 0.15) is 37.1 Å². The van der Waals surface area contributed by atoms with Crippen molar-refractivity contribution in [1.29, 1.82) is 0 Å². The van der Waals surface area contributed by atoms with Crippen molar-refractivity contribution < 1.29 is 19.5 Å². The van der Waals surface area contributed by atoms with E-state index in [-0.39, 0.29) is 18.2 Å². The predicted octanol–water partition coefficient (Wildman–Crippen LogP) is 1.56. The van der Waals surface area contributed by atoms with Gasteiger partial charge in [-0.3, -0.25) is 4.79 Å². The van der Waals surface area contributed by atoms with Crippen molar-refractivity contribution in [2.45, 2.75) is 38.3 Å². The topological polar surface area (TPSA) is 113 Å². The van der Waals surface area contributed by atoms with Gasteiger partial charge in [-0.25, -0.2) is 9.59 Å².